The summed E-state index contributed by atoms with van der Waals surface area (Å²) in [7, 11) is -3.78. The van der Waals surface area contributed by atoms with Crippen LogP contribution in [0.3, 0.4) is 0 Å². The Morgan fingerprint density at radius 3 is 2.22 bits per heavy atom. The highest BCUT2D eigenvalue weighted by atomic mass is 32.2. The molecule has 3 rings (SSSR count). The van der Waals surface area contributed by atoms with Gasteiger partial charge in [-0.25, -0.2) is 8.42 Å². The van der Waals surface area contributed by atoms with Gasteiger partial charge in [-0.3, -0.25) is 4.98 Å². The first kappa shape index (κ1) is 19.3. The molecule has 0 saturated heterocycles. The van der Waals surface area contributed by atoms with Crippen LogP contribution in [0.25, 0.3) is 0 Å². The van der Waals surface area contributed by atoms with Crippen LogP contribution in [-0.2, 0) is 29.5 Å². The molecular formula is C20H23N3O3S. The van der Waals surface area contributed by atoms with Crippen LogP contribution in [0.15, 0.2) is 58.2 Å². The molecule has 2 aromatic heterocycles. The molecule has 27 heavy (non-hydrogen) atoms. The summed E-state index contributed by atoms with van der Waals surface area (Å²) in [6.45, 7) is 5.82. The molecule has 0 aliphatic carbocycles. The SMILES string of the molecule is CCc1ccc(CN(Cc2cccnc2)S(=O)(=O)c2c(C)noc2C)cc1. The second-order valence-corrected chi connectivity index (χ2v) is 8.33. The van der Waals surface area contributed by atoms with Crippen LogP contribution in [0, 0.1) is 13.8 Å². The minimum Gasteiger partial charge on any atom is -0.360 e. The van der Waals surface area contributed by atoms with Gasteiger partial charge in [0.25, 0.3) is 0 Å². The third-order valence-electron chi connectivity index (χ3n) is 4.44. The van der Waals surface area contributed by atoms with Crippen LogP contribution >= 0.6 is 0 Å². The smallest absolute Gasteiger partial charge is 0.249 e. The molecule has 0 atom stereocenters. The first-order valence-electron chi connectivity index (χ1n) is 8.81. The standard InChI is InChI=1S/C20H23N3O3S/c1-4-17-7-9-18(10-8-17)13-23(14-19-6-5-11-21-12-19)27(24,25)20-15(2)22-26-16(20)3/h5-12H,4,13-14H2,1-3H3. The molecule has 0 radical (unpaired) electrons. The van der Waals surface area contributed by atoms with Crippen molar-refractivity contribution in [2.24, 2.45) is 0 Å². The molecule has 0 unspecified atom stereocenters. The molecule has 0 fully saturated rings. The van der Waals surface area contributed by atoms with Gasteiger partial charge in [-0.1, -0.05) is 42.4 Å². The van der Waals surface area contributed by atoms with E-state index in [1.165, 1.54) is 9.87 Å². The summed E-state index contributed by atoms with van der Waals surface area (Å²) in [4.78, 5) is 4.23. The Morgan fingerprint density at radius 2 is 1.67 bits per heavy atom. The molecule has 0 aliphatic heterocycles. The van der Waals surface area contributed by atoms with Crippen LogP contribution in [0.5, 0.6) is 0 Å². The third kappa shape index (κ3) is 4.26. The molecule has 0 bridgehead atoms. The molecule has 0 spiro atoms. The summed E-state index contributed by atoms with van der Waals surface area (Å²) >= 11 is 0. The lowest BCUT2D eigenvalue weighted by Crippen LogP contribution is -2.31. The van der Waals surface area contributed by atoms with Crippen molar-refractivity contribution in [3.05, 3.63) is 76.9 Å². The van der Waals surface area contributed by atoms with Gasteiger partial charge in [0.2, 0.25) is 10.0 Å². The molecule has 0 aliphatic rings. The van der Waals surface area contributed by atoms with Crippen LogP contribution in [0.2, 0.25) is 0 Å². The maximum atomic E-state index is 13.4. The van der Waals surface area contributed by atoms with E-state index in [4.69, 9.17) is 4.52 Å². The number of pyridine rings is 1. The molecule has 6 nitrogen and oxygen atoms in total. The van der Waals surface area contributed by atoms with Crippen LogP contribution in [0.1, 0.15) is 35.1 Å². The van der Waals surface area contributed by atoms with E-state index in [1.54, 1.807) is 32.3 Å². The van der Waals surface area contributed by atoms with E-state index in [0.717, 1.165) is 17.5 Å². The Bertz CT molecular complexity index is 977. The van der Waals surface area contributed by atoms with Gasteiger partial charge < -0.3 is 4.52 Å². The molecule has 0 saturated carbocycles. The summed E-state index contributed by atoms with van der Waals surface area (Å²) in [6.07, 6.45) is 4.28. The average Bonchev–Trinajstić information content (AvgIpc) is 3.01. The normalized spacial score (nSPS) is 11.9. The number of aromatic nitrogens is 2. The van der Waals surface area contributed by atoms with Crippen LogP contribution < -0.4 is 0 Å². The van der Waals surface area contributed by atoms with Crippen molar-refractivity contribution < 1.29 is 12.9 Å². The molecule has 2 heterocycles. The predicted molar refractivity (Wildman–Crippen MR) is 102 cm³/mol. The van der Waals surface area contributed by atoms with Gasteiger partial charge in [-0.15, -0.1) is 0 Å². The lowest BCUT2D eigenvalue weighted by molar-refractivity contribution is 0.385. The van der Waals surface area contributed by atoms with E-state index in [0.29, 0.717) is 11.5 Å². The van der Waals surface area contributed by atoms with Crippen LogP contribution in [0.4, 0.5) is 0 Å². The van der Waals surface area contributed by atoms with E-state index in [9.17, 15) is 8.42 Å². The minimum atomic E-state index is -3.78. The van der Waals surface area contributed by atoms with Gasteiger partial charge in [0.05, 0.1) is 0 Å². The van der Waals surface area contributed by atoms with Crippen molar-refractivity contribution in [1.82, 2.24) is 14.4 Å². The van der Waals surface area contributed by atoms with Gasteiger partial charge in [0.1, 0.15) is 10.6 Å². The molecule has 142 valence electrons. The third-order valence-corrected chi connectivity index (χ3v) is 6.47. The predicted octanol–water partition coefficient (Wildman–Crippen LogP) is 3.64. The number of sulfonamides is 1. The molecule has 3 aromatic rings. The maximum absolute atomic E-state index is 13.4. The van der Waals surface area contributed by atoms with Crippen molar-refractivity contribution >= 4 is 10.0 Å². The second kappa shape index (κ2) is 8.02. The topological polar surface area (TPSA) is 76.3 Å². The molecule has 7 heteroatoms. The van der Waals surface area contributed by atoms with Gasteiger partial charge >= 0.3 is 0 Å². The first-order valence-corrected chi connectivity index (χ1v) is 10.3. The quantitative estimate of drug-likeness (QED) is 0.621. The zero-order valence-electron chi connectivity index (χ0n) is 15.7. The molecular weight excluding hydrogens is 362 g/mol. The lowest BCUT2D eigenvalue weighted by Gasteiger charge is -2.22. The van der Waals surface area contributed by atoms with E-state index in [2.05, 4.69) is 17.1 Å². The monoisotopic (exact) mass is 385 g/mol. The fourth-order valence-electron chi connectivity index (χ4n) is 2.98. The Hall–Kier alpha value is -2.51. The summed E-state index contributed by atoms with van der Waals surface area (Å²) in [6, 6.07) is 11.7. The average molecular weight is 385 g/mol. The second-order valence-electron chi connectivity index (χ2n) is 6.46. The summed E-state index contributed by atoms with van der Waals surface area (Å²) < 4.78 is 33.3. The lowest BCUT2D eigenvalue weighted by atomic mass is 10.1. The Labute approximate surface area is 159 Å². The van der Waals surface area contributed by atoms with Crippen LogP contribution in [-0.4, -0.2) is 22.9 Å². The number of aryl methyl sites for hydroxylation is 3. The summed E-state index contributed by atoms with van der Waals surface area (Å²) in [5.41, 5.74) is 3.32. The number of nitrogens with zero attached hydrogens (tertiary/aromatic N) is 3. The fraction of sp³-hybridized carbons (Fsp3) is 0.300. The zero-order valence-corrected chi connectivity index (χ0v) is 16.5. The first-order chi connectivity index (χ1) is 12.9. The van der Waals surface area contributed by atoms with Crippen molar-refractivity contribution in [2.45, 2.75) is 45.2 Å². The Morgan fingerprint density at radius 1 is 1.00 bits per heavy atom. The molecule has 1 aromatic carbocycles. The van der Waals surface area contributed by atoms with Gasteiger partial charge in [0, 0.05) is 25.5 Å². The fourth-order valence-corrected chi connectivity index (χ4v) is 4.68. The number of benzene rings is 1. The van der Waals surface area contributed by atoms with Crippen molar-refractivity contribution in [2.75, 3.05) is 0 Å². The molecule has 0 N–H and O–H groups in total. The molecule has 0 amide bonds. The highest BCUT2D eigenvalue weighted by Crippen LogP contribution is 2.26. The number of hydrogen-bond donors (Lipinski definition) is 0. The van der Waals surface area contributed by atoms with E-state index in [-0.39, 0.29) is 18.0 Å². The Balaban J connectivity index is 1.98. The Kier molecular flexibility index (Phi) is 5.72. The zero-order chi connectivity index (χ0) is 19.4. The highest BCUT2D eigenvalue weighted by molar-refractivity contribution is 7.89. The van der Waals surface area contributed by atoms with E-state index >= 15 is 0 Å². The van der Waals surface area contributed by atoms with Crippen molar-refractivity contribution in [1.29, 1.82) is 0 Å². The van der Waals surface area contributed by atoms with Crippen molar-refractivity contribution in [3.63, 3.8) is 0 Å². The van der Waals surface area contributed by atoms with Gasteiger partial charge in [0.15, 0.2) is 5.76 Å². The number of hydrogen-bond acceptors (Lipinski definition) is 5. The van der Waals surface area contributed by atoms with E-state index in [1.807, 2.05) is 30.3 Å². The van der Waals surface area contributed by atoms with Gasteiger partial charge in [-0.2, -0.15) is 4.31 Å². The highest BCUT2D eigenvalue weighted by Gasteiger charge is 2.31. The minimum absolute atomic E-state index is 0.136. The summed E-state index contributed by atoms with van der Waals surface area (Å²) in [5.74, 6) is 0.296. The summed E-state index contributed by atoms with van der Waals surface area (Å²) in [5, 5.41) is 3.81. The van der Waals surface area contributed by atoms with E-state index < -0.39 is 10.0 Å². The largest absolute Gasteiger partial charge is 0.360 e. The number of rotatable bonds is 7. The maximum Gasteiger partial charge on any atom is 0.249 e. The van der Waals surface area contributed by atoms with Gasteiger partial charge in [-0.05, 0) is 43.0 Å². The van der Waals surface area contributed by atoms with Crippen molar-refractivity contribution in [3.8, 4) is 0 Å².